The molecule has 4 atom stereocenters. The van der Waals surface area contributed by atoms with Gasteiger partial charge in [0, 0.05) is 16.9 Å². The molecule has 0 aromatic heterocycles. The van der Waals surface area contributed by atoms with E-state index in [0.717, 1.165) is 23.1 Å². The molecule has 1 saturated heterocycles. The molecule has 1 fully saturated rings. The largest absolute Gasteiger partial charge is 0.350 e. The van der Waals surface area contributed by atoms with E-state index in [0.29, 0.717) is 12.1 Å². The van der Waals surface area contributed by atoms with E-state index in [4.69, 9.17) is 0 Å². The Morgan fingerprint density at radius 2 is 1.79 bits per heavy atom. The van der Waals surface area contributed by atoms with E-state index in [1.165, 1.54) is 0 Å². The van der Waals surface area contributed by atoms with E-state index in [1.54, 1.807) is 16.7 Å². The second-order valence-electron chi connectivity index (χ2n) is 9.85. The van der Waals surface area contributed by atoms with Crippen LogP contribution in [0.1, 0.15) is 66.5 Å². The Balaban J connectivity index is 1.51. The lowest BCUT2D eigenvalue weighted by Crippen LogP contribution is -2.58. The third-order valence-electron chi connectivity index (χ3n) is 6.93. The second kappa shape index (κ2) is 9.45. The molecule has 2 N–H and O–H groups in total. The fraction of sp³-hybridized carbons (Fsp3) is 0.444. The predicted octanol–water partition coefficient (Wildman–Crippen LogP) is 4.19. The van der Waals surface area contributed by atoms with Crippen molar-refractivity contribution in [2.24, 2.45) is 5.92 Å². The first-order chi connectivity index (χ1) is 16.1. The summed E-state index contributed by atoms with van der Waals surface area (Å²) in [5, 5.41) is 5.80. The number of rotatable bonds is 7. The molecule has 0 bridgehead atoms. The van der Waals surface area contributed by atoms with E-state index < -0.39 is 16.8 Å². The van der Waals surface area contributed by atoms with E-state index in [-0.39, 0.29) is 29.0 Å². The van der Waals surface area contributed by atoms with Gasteiger partial charge in [-0.2, -0.15) is 0 Å². The van der Waals surface area contributed by atoms with Crippen molar-refractivity contribution in [1.29, 1.82) is 0 Å². The molecule has 4 rings (SSSR count). The summed E-state index contributed by atoms with van der Waals surface area (Å²) in [4.78, 5) is 41.7. The van der Waals surface area contributed by atoms with Gasteiger partial charge in [0.15, 0.2) is 0 Å². The van der Waals surface area contributed by atoms with E-state index >= 15 is 0 Å². The molecular formula is C27H33N3O3S. The minimum Gasteiger partial charge on any atom is -0.350 e. The van der Waals surface area contributed by atoms with Crippen LogP contribution in [0.4, 0.5) is 0 Å². The van der Waals surface area contributed by atoms with Crippen molar-refractivity contribution in [3.8, 4) is 0 Å². The topological polar surface area (TPSA) is 78.5 Å². The molecule has 7 heteroatoms. The number of aryl methyl sites for hydroxylation is 1. The maximum absolute atomic E-state index is 13.6. The van der Waals surface area contributed by atoms with Gasteiger partial charge in [0.05, 0.1) is 0 Å². The number of nitrogens with zero attached hydrogens (tertiary/aromatic N) is 1. The zero-order valence-corrected chi connectivity index (χ0v) is 21.2. The summed E-state index contributed by atoms with van der Waals surface area (Å²) in [7, 11) is 0. The van der Waals surface area contributed by atoms with Gasteiger partial charge in [-0.25, -0.2) is 0 Å². The van der Waals surface area contributed by atoms with E-state index in [2.05, 4.69) is 10.6 Å². The van der Waals surface area contributed by atoms with Gasteiger partial charge in [0.25, 0.3) is 5.91 Å². The number of hydrogen-bond acceptors (Lipinski definition) is 4. The number of amides is 3. The third kappa shape index (κ3) is 4.45. The zero-order chi connectivity index (χ0) is 24.6. The van der Waals surface area contributed by atoms with E-state index in [1.807, 2.05) is 83.1 Å². The van der Waals surface area contributed by atoms with Gasteiger partial charge >= 0.3 is 0 Å². The van der Waals surface area contributed by atoms with Crippen molar-refractivity contribution >= 4 is 29.5 Å². The summed E-state index contributed by atoms with van der Waals surface area (Å²) in [6.07, 6.45) is 0.739. The van der Waals surface area contributed by atoms with Gasteiger partial charge < -0.3 is 15.5 Å². The molecule has 6 nitrogen and oxygen atoms in total. The van der Waals surface area contributed by atoms with Crippen LogP contribution >= 0.6 is 11.8 Å². The minimum atomic E-state index is -0.678. The summed E-state index contributed by atoms with van der Waals surface area (Å²) in [5.74, 6) is -0.666. The number of carbonyl (C=O) groups excluding carboxylic acids is 3. The average molecular weight is 480 g/mol. The normalized spacial score (nSPS) is 22.0. The van der Waals surface area contributed by atoms with E-state index in [9.17, 15) is 14.4 Å². The number of hydrogen-bond donors (Lipinski definition) is 2. The van der Waals surface area contributed by atoms with Gasteiger partial charge in [-0.3, -0.25) is 14.4 Å². The third-order valence-corrected chi connectivity index (χ3v) is 8.46. The van der Waals surface area contributed by atoms with Crippen LogP contribution < -0.4 is 10.6 Å². The summed E-state index contributed by atoms with van der Waals surface area (Å²) in [6, 6.07) is 14.2. The molecule has 3 amide bonds. The number of carbonyl (C=O) groups is 3. The monoisotopic (exact) mass is 479 g/mol. The molecular weight excluding hydrogens is 446 g/mol. The Hall–Kier alpha value is -2.80. The molecule has 0 aliphatic carbocycles. The van der Waals surface area contributed by atoms with Crippen molar-refractivity contribution in [3.63, 3.8) is 0 Å². The number of nitrogens with one attached hydrogen (secondary N) is 2. The van der Waals surface area contributed by atoms with Gasteiger partial charge in [0.2, 0.25) is 11.8 Å². The molecule has 180 valence electrons. The van der Waals surface area contributed by atoms with Gasteiger partial charge in [-0.05, 0) is 43.9 Å². The Morgan fingerprint density at radius 3 is 2.47 bits per heavy atom. The fourth-order valence-electron chi connectivity index (χ4n) is 4.74. The molecule has 0 spiro atoms. The lowest BCUT2D eigenvalue weighted by atomic mass is 9.95. The van der Waals surface area contributed by atoms with Crippen LogP contribution in [0.2, 0.25) is 0 Å². The highest BCUT2D eigenvalue weighted by molar-refractivity contribution is 8.01. The molecule has 0 saturated carbocycles. The van der Waals surface area contributed by atoms with Gasteiger partial charge in [-0.15, -0.1) is 11.8 Å². The SMILES string of the molecule is CC[C@@H](C)[C@H](NC(=O)[C@H]1N2C(=O)c3ccccc3[C@@H]2SC1(C)C)C(=O)NCc1ccc(C)cc1. The number of thioether (sulfide) groups is 1. The Kier molecular flexibility index (Phi) is 6.76. The predicted molar refractivity (Wildman–Crippen MR) is 135 cm³/mol. The van der Waals surface area contributed by atoms with Crippen LogP contribution in [0.25, 0.3) is 0 Å². The molecule has 2 aromatic carbocycles. The van der Waals surface area contributed by atoms with Crippen molar-refractivity contribution in [3.05, 3.63) is 70.8 Å². The van der Waals surface area contributed by atoms with Crippen LogP contribution in [0.3, 0.4) is 0 Å². The molecule has 2 aliphatic rings. The lowest BCUT2D eigenvalue weighted by Gasteiger charge is -2.32. The minimum absolute atomic E-state index is 0.0543. The Morgan fingerprint density at radius 1 is 1.12 bits per heavy atom. The van der Waals surface area contributed by atoms with Gasteiger partial charge in [0.1, 0.15) is 17.5 Å². The first-order valence-corrected chi connectivity index (χ1v) is 12.7. The summed E-state index contributed by atoms with van der Waals surface area (Å²) >= 11 is 1.62. The Bertz CT molecular complexity index is 1100. The molecule has 2 aliphatic heterocycles. The smallest absolute Gasteiger partial charge is 0.256 e. The average Bonchev–Trinajstić information content (AvgIpc) is 3.25. The molecule has 0 unspecified atom stereocenters. The highest BCUT2D eigenvalue weighted by Crippen LogP contribution is 2.56. The van der Waals surface area contributed by atoms with Gasteiger partial charge in [-0.1, -0.05) is 68.3 Å². The summed E-state index contributed by atoms with van der Waals surface area (Å²) < 4.78 is -0.490. The van der Waals surface area contributed by atoms with Crippen molar-refractivity contribution < 1.29 is 14.4 Å². The molecule has 0 radical (unpaired) electrons. The maximum Gasteiger partial charge on any atom is 0.256 e. The maximum atomic E-state index is 13.6. The Labute approximate surface area is 205 Å². The number of fused-ring (bicyclic) bond motifs is 3. The molecule has 2 heterocycles. The zero-order valence-electron chi connectivity index (χ0n) is 20.4. The quantitative estimate of drug-likeness (QED) is 0.624. The lowest BCUT2D eigenvalue weighted by molar-refractivity contribution is -0.133. The van der Waals surface area contributed by atoms with Crippen molar-refractivity contribution in [2.45, 2.75) is 69.8 Å². The van der Waals surface area contributed by atoms with Crippen molar-refractivity contribution in [1.82, 2.24) is 15.5 Å². The fourth-order valence-corrected chi connectivity index (χ4v) is 6.33. The first kappa shape index (κ1) is 24.3. The summed E-state index contributed by atoms with van der Waals surface area (Å²) in [5.41, 5.74) is 3.77. The summed E-state index contributed by atoms with van der Waals surface area (Å²) in [6.45, 7) is 10.4. The van der Waals surface area contributed by atoms with Crippen LogP contribution in [0, 0.1) is 12.8 Å². The van der Waals surface area contributed by atoms with Crippen LogP contribution in [0.5, 0.6) is 0 Å². The van der Waals surface area contributed by atoms with Crippen LogP contribution in [0.15, 0.2) is 48.5 Å². The standard InChI is InChI=1S/C27H33N3O3S/c1-6-17(3)21(23(31)28-15-18-13-11-16(2)12-14-18)29-24(32)22-27(4,5)34-26-20-10-8-7-9-19(20)25(33)30(22)26/h7-14,17,21-22,26H,6,15H2,1-5H3,(H,28,31)(H,29,32)/t17-,21+,22-,26+/m1/s1. The second-order valence-corrected chi connectivity index (χ2v) is 11.6. The first-order valence-electron chi connectivity index (χ1n) is 11.9. The molecule has 2 aromatic rings. The van der Waals surface area contributed by atoms with Crippen LogP contribution in [-0.4, -0.2) is 39.5 Å². The van der Waals surface area contributed by atoms with Crippen molar-refractivity contribution in [2.75, 3.05) is 0 Å². The van der Waals surface area contributed by atoms with Crippen LogP contribution in [-0.2, 0) is 16.1 Å². The number of benzene rings is 2. The molecule has 34 heavy (non-hydrogen) atoms. The highest BCUT2D eigenvalue weighted by atomic mass is 32.2. The highest BCUT2D eigenvalue weighted by Gasteiger charge is 2.57.